The first kappa shape index (κ1) is 19.5. The average molecular weight is 416 g/mol. The van der Waals surface area contributed by atoms with Crippen molar-refractivity contribution in [3.63, 3.8) is 0 Å². The predicted molar refractivity (Wildman–Crippen MR) is 119 cm³/mol. The molecule has 3 aromatic carbocycles. The number of nitrogens with zero attached hydrogens (tertiary/aromatic N) is 2. The molecule has 0 aliphatic heterocycles. The first-order valence-electron chi connectivity index (χ1n) is 9.27. The van der Waals surface area contributed by atoms with Gasteiger partial charge in [0.1, 0.15) is 11.4 Å². The monoisotopic (exact) mass is 415 g/mol. The lowest BCUT2D eigenvalue weighted by Crippen LogP contribution is -1.97. The highest BCUT2D eigenvalue weighted by Gasteiger charge is 2.17. The number of hydrogen-bond acceptors (Lipinski definition) is 4. The molecule has 0 aliphatic carbocycles. The van der Waals surface area contributed by atoms with Crippen LogP contribution in [0.2, 0.25) is 5.02 Å². The van der Waals surface area contributed by atoms with Gasteiger partial charge in [-0.2, -0.15) is 5.10 Å². The number of allylic oxidation sites excluding steroid dienone is 1. The van der Waals surface area contributed by atoms with Crippen molar-refractivity contribution in [2.45, 2.75) is 0 Å². The standard InChI is InChI=1S/C24H18ClN3O2/c25-18-8-6-17(7-9-18)24-22(16-28(27-24)20-4-2-1-3-5-20)23(30)14-15-26-19-10-12-21(29)13-11-19/h1-16,26,29H/b15-14-. The van der Waals surface area contributed by atoms with Crippen LogP contribution in [0, 0.1) is 0 Å². The number of nitrogens with one attached hydrogen (secondary N) is 1. The maximum absolute atomic E-state index is 12.9. The maximum atomic E-state index is 12.9. The average Bonchev–Trinajstić information content (AvgIpc) is 3.22. The Morgan fingerprint density at radius 3 is 2.37 bits per heavy atom. The summed E-state index contributed by atoms with van der Waals surface area (Å²) in [6.45, 7) is 0. The SMILES string of the molecule is O=C(/C=C\Nc1ccc(O)cc1)c1cn(-c2ccccc2)nc1-c1ccc(Cl)cc1. The molecule has 0 aliphatic rings. The van der Waals surface area contributed by atoms with Gasteiger partial charge in [-0.25, -0.2) is 4.68 Å². The Labute approximate surface area is 178 Å². The van der Waals surface area contributed by atoms with E-state index in [2.05, 4.69) is 10.4 Å². The van der Waals surface area contributed by atoms with Crippen LogP contribution in [0.4, 0.5) is 5.69 Å². The number of carbonyl (C=O) groups excluding carboxylic acids is 1. The number of halogens is 1. The molecule has 0 unspecified atom stereocenters. The molecule has 4 aromatic rings. The number of ketones is 1. The molecule has 5 nitrogen and oxygen atoms in total. The highest BCUT2D eigenvalue weighted by molar-refractivity contribution is 6.30. The molecule has 30 heavy (non-hydrogen) atoms. The van der Waals surface area contributed by atoms with Gasteiger partial charge < -0.3 is 10.4 Å². The quantitative estimate of drug-likeness (QED) is 0.240. The number of benzene rings is 3. The van der Waals surface area contributed by atoms with Crippen molar-refractivity contribution >= 4 is 23.1 Å². The first-order valence-corrected chi connectivity index (χ1v) is 9.65. The lowest BCUT2D eigenvalue weighted by molar-refractivity contribution is 0.104. The third-order valence-electron chi connectivity index (χ3n) is 4.47. The number of rotatable bonds is 6. The Morgan fingerprint density at radius 2 is 1.67 bits per heavy atom. The predicted octanol–water partition coefficient (Wildman–Crippen LogP) is 5.71. The van der Waals surface area contributed by atoms with Crippen molar-refractivity contribution in [3.05, 3.63) is 108 Å². The Balaban J connectivity index is 1.65. The van der Waals surface area contributed by atoms with Gasteiger partial charge in [0, 0.05) is 34.7 Å². The van der Waals surface area contributed by atoms with Gasteiger partial charge in [0.15, 0.2) is 5.78 Å². The number of phenolic OH excluding ortho intramolecular Hbond substituents is 1. The molecule has 0 spiro atoms. The van der Waals surface area contributed by atoms with E-state index in [9.17, 15) is 9.90 Å². The van der Waals surface area contributed by atoms with Crippen LogP contribution in [0.15, 0.2) is 97.3 Å². The van der Waals surface area contributed by atoms with Crippen molar-refractivity contribution in [3.8, 4) is 22.7 Å². The van der Waals surface area contributed by atoms with E-state index in [1.54, 1.807) is 53.5 Å². The summed E-state index contributed by atoms with van der Waals surface area (Å²) < 4.78 is 1.69. The fourth-order valence-corrected chi connectivity index (χ4v) is 3.08. The molecular formula is C24H18ClN3O2. The highest BCUT2D eigenvalue weighted by Crippen LogP contribution is 2.26. The minimum Gasteiger partial charge on any atom is -0.508 e. The van der Waals surface area contributed by atoms with Crippen molar-refractivity contribution in [2.24, 2.45) is 0 Å². The number of hydrogen-bond donors (Lipinski definition) is 2. The van der Waals surface area contributed by atoms with E-state index in [-0.39, 0.29) is 11.5 Å². The van der Waals surface area contributed by atoms with Gasteiger partial charge >= 0.3 is 0 Å². The van der Waals surface area contributed by atoms with E-state index >= 15 is 0 Å². The van der Waals surface area contributed by atoms with Crippen LogP contribution in [0.5, 0.6) is 5.75 Å². The Morgan fingerprint density at radius 1 is 0.967 bits per heavy atom. The number of carbonyl (C=O) groups is 1. The third-order valence-corrected chi connectivity index (χ3v) is 4.72. The van der Waals surface area contributed by atoms with Crippen molar-refractivity contribution in [2.75, 3.05) is 5.32 Å². The van der Waals surface area contributed by atoms with Crippen LogP contribution in [0.1, 0.15) is 10.4 Å². The molecule has 6 heteroatoms. The molecular weight excluding hydrogens is 398 g/mol. The molecule has 1 aromatic heterocycles. The van der Waals surface area contributed by atoms with Crippen LogP contribution in [0.3, 0.4) is 0 Å². The normalized spacial score (nSPS) is 11.0. The molecule has 0 amide bonds. The first-order chi connectivity index (χ1) is 14.6. The molecule has 2 N–H and O–H groups in total. The summed E-state index contributed by atoms with van der Waals surface area (Å²) in [7, 11) is 0. The highest BCUT2D eigenvalue weighted by atomic mass is 35.5. The molecule has 0 radical (unpaired) electrons. The summed E-state index contributed by atoms with van der Waals surface area (Å²) in [6.07, 6.45) is 4.76. The number of aromatic hydroxyl groups is 1. The summed E-state index contributed by atoms with van der Waals surface area (Å²) in [5.41, 5.74) is 3.48. The molecule has 1 heterocycles. The van der Waals surface area contributed by atoms with Gasteiger partial charge in [-0.15, -0.1) is 0 Å². The minimum atomic E-state index is -0.187. The van der Waals surface area contributed by atoms with Crippen molar-refractivity contribution < 1.29 is 9.90 Å². The summed E-state index contributed by atoms with van der Waals surface area (Å²) in [5.74, 6) is -0.00468. The van der Waals surface area contributed by atoms with E-state index in [1.165, 1.54) is 6.08 Å². The van der Waals surface area contributed by atoms with E-state index in [0.29, 0.717) is 16.3 Å². The molecule has 0 bridgehead atoms. The lowest BCUT2D eigenvalue weighted by Gasteiger charge is -2.01. The van der Waals surface area contributed by atoms with Gasteiger partial charge in [0.25, 0.3) is 0 Å². The number of aromatic nitrogens is 2. The van der Waals surface area contributed by atoms with E-state index in [4.69, 9.17) is 11.6 Å². The van der Waals surface area contributed by atoms with Gasteiger partial charge in [0.05, 0.1) is 11.3 Å². The van der Waals surface area contributed by atoms with Crippen LogP contribution >= 0.6 is 11.6 Å². The van der Waals surface area contributed by atoms with Gasteiger partial charge in [0.2, 0.25) is 0 Å². The largest absolute Gasteiger partial charge is 0.508 e. The van der Waals surface area contributed by atoms with E-state index in [1.807, 2.05) is 42.5 Å². The third kappa shape index (κ3) is 4.42. The summed E-state index contributed by atoms with van der Waals surface area (Å²) in [5, 5.41) is 17.6. The van der Waals surface area contributed by atoms with Crippen LogP contribution < -0.4 is 5.32 Å². The maximum Gasteiger partial charge on any atom is 0.191 e. The Kier molecular flexibility index (Phi) is 5.63. The van der Waals surface area contributed by atoms with Crippen LogP contribution in [0.25, 0.3) is 16.9 Å². The molecule has 0 fully saturated rings. The van der Waals surface area contributed by atoms with Gasteiger partial charge in [-0.05, 0) is 48.5 Å². The Hall–Kier alpha value is -3.83. The zero-order chi connectivity index (χ0) is 20.9. The zero-order valence-electron chi connectivity index (χ0n) is 15.9. The molecule has 0 saturated heterocycles. The van der Waals surface area contributed by atoms with E-state index in [0.717, 1.165) is 16.9 Å². The van der Waals surface area contributed by atoms with Crippen molar-refractivity contribution in [1.29, 1.82) is 0 Å². The molecule has 4 rings (SSSR count). The molecule has 148 valence electrons. The summed E-state index contributed by atoms with van der Waals surface area (Å²) >= 11 is 6.01. The fraction of sp³-hybridized carbons (Fsp3) is 0. The summed E-state index contributed by atoms with van der Waals surface area (Å²) in [6, 6.07) is 23.4. The van der Waals surface area contributed by atoms with E-state index < -0.39 is 0 Å². The van der Waals surface area contributed by atoms with Crippen molar-refractivity contribution in [1.82, 2.24) is 9.78 Å². The second-order valence-corrected chi connectivity index (χ2v) is 7.00. The fourth-order valence-electron chi connectivity index (χ4n) is 2.95. The van der Waals surface area contributed by atoms with Gasteiger partial charge in [-0.1, -0.05) is 41.9 Å². The van der Waals surface area contributed by atoms with Crippen LogP contribution in [-0.4, -0.2) is 20.7 Å². The molecule has 0 atom stereocenters. The van der Waals surface area contributed by atoms with Crippen LogP contribution in [-0.2, 0) is 0 Å². The smallest absolute Gasteiger partial charge is 0.191 e. The second kappa shape index (κ2) is 8.68. The topological polar surface area (TPSA) is 67.2 Å². The number of para-hydroxylation sites is 1. The zero-order valence-corrected chi connectivity index (χ0v) is 16.6. The lowest BCUT2D eigenvalue weighted by atomic mass is 10.1. The summed E-state index contributed by atoms with van der Waals surface area (Å²) in [4.78, 5) is 12.9. The minimum absolute atomic E-state index is 0.182. The number of anilines is 1. The molecule has 0 saturated carbocycles. The second-order valence-electron chi connectivity index (χ2n) is 6.57. The Bertz CT molecular complexity index is 1180. The number of phenols is 1. The van der Waals surface area contributed by atoms with Gasteiger partial charge in [-0.3, -0.25) is 4.79 Å².